The zero-order valence-corrected chi connectivity index (χ0v) is 15.1. The van der Waals surface area contributed by atoms with Crippen molar-refractivity contribution in [2.45, 2.75) is 12.8 Å². The van der Waals surface area contributed by atoms with Gasteiger partial charge in [-0.1, -0.05) is 85.5 Å². The average Bonchev–Trinajstić information content (AvgIpc) is 3.18. The van der Waals surface area contributed by atoms with E-state index in [1.165, 1.54) is 5.56 Å². The fourth-order valence-corrected chi connectivity index (χ4v) is 3.12. The quantitative estimate of drug-likeness (QED) is 0.400. The van der Waals surface area contributed by atoms with E-state index >= 15 is 0 Å². The van der Waals surface area contributed by atoms with Crippen LogP contribution in [0.15, 0.2) is 95.9 Å². The minimum Gasteiger partial charge on any atom is -0.436 e. The van der Waals surface area contributed by atoms with Crippen LogP contribution in [0.1, 0.15) is 16.8 Å². The Morgan fingerprint density at radius 2 is 1.37 bits per heavy atom. The fourth-order valence-electron chi connectivity index (χ4n) is 3.12. The van der Waals surface area contributed by atoms with Crippen molar-refractivity contribution in [3.05, 3.63) is 108 Å². The summed E-state index contributed by atoms with van der Waals surface area (Å²) in [6, 6.07) is 28.7. The van der Waals surface area contributed by atoms with Gasteiger partial charge in [0.1, 0.15) is 0 Å². The van der Waals surface area contributed by atoms with Gasteiger partial charge in [0.05, 0.1) is 5.69 Å². The van der Waals surface area contributed by atoms with Crippen LogP contribution in [0.3, 0.4) is 0 Å². The monoisotopic (exact) mass is 351 g/mol. The van der Waals surface area contributed by atoms with Crippen molar-refractivity contribution in [2.75, 3.05) is 0 Å². The van der Waals surface area contributed by atoms with Crippen LogP contribution in [0.25, 0.3) is 28.9 Å². The molecule has 1 heterocycles. The van der Waals surface area contributed by atoms with Crippen LogP contribution in [-0.4, -0.2) is 4.98 Å². The predicted molar refractivity (Wildman–Crippen MR) is 111 cm³/mol. The van der Waals surface area contributed by atoms with Gasteiger partial charge < -0.3 is 4.42 Å². The maximum absolute atomic E-state index is 6.19. The standard InChI is InChI=1S/C25H21NO/c1-2-19-13-15-20(16-14-19)17-18-23-24(21-9-5-3-6-10-21)27-25(26-23)22-11-7-4-8-12-22/h2-16H,1,17-18H2. The third kappa shape index (κ3) is 3.90. The Labute approximate surface area is 159 Å². The van der Waals surface area contributed by atoms with Crippen molar-refractivity contribution in [1.82, 2.24) is 4.98 Å². The van der Waals surface area contributed by atoms with Gasteiger partial charge in [0.25, 0.3) is 0 Å². The number of aromatic nitrogens is 1. The summed E-state index contributed by atoms with van der Waals surface area (Å²) in [7, 11) is 0. The second kappa shape index (κ2) is 7.88. The molecule has 0 aliphatic heterocycles. The number of nitrogens with zero attached hydrogens (tertiary/aromatic N) is 1. The summed E-state index contributed by atoms with van der Waals surface area (Å²) in [4.78, 5) is 4.82. The molecule has 0 saturated carbocycles. The van der Waals surface area contributed by atoms with Crippen LogP contribution in [0.4, 0.5) is 0 Å². The minimum atomic E-state index is 0.673. The average molecular weight is 351 g/mol. The normalized spacial score (nSPS) is 10.7. The second-order valence-electron chi connectivity index (χ2n) is 6.47. The Bertz CT molecular complexity index is 1020. The van der Waals surface area contributed by atoms with E-state index in [4.69, 9.17) is 9.40 Å². The molecular formula is C25H21NO. The molecule has 4 aromatic rings. The highest BCUT2D eigenvalue weighted by Gasteiger charge is 2.16. The van der Waals surface area contributed by atoms with Crippen molar-refractivity contribution < 1.29 is 4.42 Å². The summed E-state index contributed by atoms with van der Waals surface area (Å²) in [6.45, 7) is 3.81. The van der Waals surface area contributed by atoms with Gasteiger partial charge in [0, 0.05) is 11.1 Å². The molecule has 0 aliphatic rings. The molecule has 0 radical (unpaired) electrons. The van der Waals surface area contributed by atoms with Crippen molar-refractivity contribution in [3.63, 3.8) is 0 Å². The van der Waals surface area contributed by atoms with Gasteiger partial charge in [-0.15, -0.1) is 0 Å². The van der Waals surface area contributed by atoms with Crippen molar-refractivity contribution in [3.8, 4) is 22.8 Å². The first kappa shape index (κ1) is 17.0. The Morgan fingerprint density at radius 1 is 0.741 bits per heavy atom. The van der Waals surface area contributed by atoms with Gasteiger partial charge in [-0.25, -0.2) is 4.98 Å². The van der Waals surface area contributed by atoms with E-state index in [-0.39, 0.29) is 0 Å². The van der Waals surface area contributed by atoms with Gasteiger partial charge >= 0.3 is 0 Å². The van der Waals surface area contributed by atoms with Crippen molar-refractivity contribution in [1.29, 1.82) is 0 Å². The molecule has 0 saturated heterocycles. The van der Waals surface area contributed by atoms with Crippen LogP contribution in [0.5, 0.6) is 0 Å². The molecule has 0 atom stereocenters. The third-order valence-electron chi connectivity index (χ3n) is 4.62. The lowest BCUT2D eigenvalue weighted by atomic mass is 10.0. The molecule has 132 valence electrons. The summed E-state index contributed by atoms with van der Waals surface area (Å²) in [5, 5.41) is 0. The largest absolute Gasteiger partial charge is 0.436 e. The summed E-state index contributed by atoms with van der Waals surface area (Å²) < 4.78 is 6.19. The molecule has 0 amide bonds. The predicted octanol–water partition coefficient (Wildman–Crippen LogP) is 6.44. The molecule has 0 aliphatic carbocycles. The number of hydrogen-bond acceptors (Lipinski definition) is 2. The van der Waals surface area contributed by atoms with E-state index in [1.807, 2.05) is 54.6 Å². The lowest BCUT2D eigenvalue weighted by Gasteiger charge is -2.03. The van der Waals surface area contributed by atoms with Gasteiger partial charge in [-0.3, -0.25) is 0 Å². The third-order valence-corrected chi connectivity index (χ3v) is 4.62. The van der Waals surface area contributed by atoms with E-state index in [0.29, 0.717) is 5.89 Å². The first-order valence-electron chi connectivity index (χ1n) is 9.15. The number of aryl methyl sites for hydroxylation is 2. The second-order valence-corrected chi connectivity index (χ2v) is 6.47. The highest BCUT2D eigenvalue weighted by Crippen LogP contribution is 2.30. The Morgan fingerprint density at radius 3 is 2.00 bits per heavy atom. The maximum Gasteiger partial charge on any atom is 0.227 e. The van der Waals surface area contributed by atoms with Gasteiger partial charge in [0.2, 0.25) is 5.89 Å². The SMILES string of the molecule is C=Cc1ccc(CCc2nc(-c3ccccc3)oc2-c2ccccc2)cc1. The number of benzene rings is 3. The summed E-state index contributed by atoms with van der Waals surface area (Å²) in [5.41, 5.74) is 5.47. The highest BCUT2D eigenvalue weighted by atomic mass is 16.4. The highest BCUT2D eigenvalue weighted by molar-refractivity contribution is 5.64. The Balaban J connectivity index is 1.65. The van der Waals surface area contributed by atoms with Gasteiger partial charge in [-0.2, -0.15) is 0 Å². The van der Waals surface area contributed by atoms with Crippen LogP contribution < -0.4 is 0 Å². The Hall–Kier alpha value is -3.39. The fraction of sp³-hybridized carbons (Fsp3) is 0.0800. The van der Waals surface area contributed by atoms with E-state index in [2.05, 4.69) is 43.0 Å². The van der Waals surface area contributed by atoms with E-state index in [1.54, 1.807) is 0 Å². The van der Waals surface area contributed by atoms with E-state index in [0.717, 1.165) is 41.0 Å². The first-order chi connectivity index (χ1) is 13.3. The molecule has 1 aromatic heterocycles. The molecule has 2 heteroatoms. The number of rotatable bonds is 6. The molecule has 2 nitrogen and oxygen atoms in total. The zero-order chi connectivity index (χ0) is 18.5. The van der Waals surface area contributed by atoms with E-state index < -0.39 is 0 Å². The summed E-state index contributed by atoms with van der Waals surface area (Å²) >= 11 is 0. The smallest absolute Gasteiger partial charge is 0.227 e. The summed E-state index contributed by atoms with van der Waals surface area (Å²) in [6.07, 6.45) is 3.60. The van der Waals surface area contributed by atoms with Crippen LogP contribution >= 0.6 is 0 Å². The molecule has 0 unspecified atom stereocenters. The molecular weight excluding hydrogens is 330 g/mol. The molecule has 4 rings (SSSR count). The molecule has 0 fully saturated rings. The van der Waals surface area contributed by atoms with Crippen LogP contribution in [0, 0.1) is 0 Å². The topological polar surface area (TPSA) is 26.0 Å². The zero-order valence-electron chi connectivity index (χ0n) is 15.1. The molecule has 0 N–H and O–H groups in total. The van der Waals surface area contributed by atoms with Gasteiger partial charge in [0.15, 0.2) is 5.76 Å². The van der Waals surface area contributed by atoms with Gasteiger partial charge in [-0.05, 0) is 36.1 Å². The Kier molecular flexibility index (Phi) is 4.97. The number of oxazole rings is 1. The van der Waals surface area contributed by atoms with Crippen LogP contribution in [-0.2, 0) is 12.8 Å². The molecule has 0 bridgehead atoms. The summed E-state index contributed by atoms with van der Waals surface area (Å²) in [5.74, 6) is 1.53. The lowest BCUT2D eigenvalue weighted by molar-refractivity contribution is 0.587. The van der Waals surface area contributed by atoms with E-state index in [9.17, 15) is 0 Å². The van der Waals surface area contributed by atoms with Crippen molar-refractivity contribution >= 4 is 6.08 Å². The number of hydrogen-bond donors (Lipinski definition) is 0. The maximum atomic E-state index is 6.19. The first-order valence-corrected chi connectivity index (χ1v) is 9.15. The molecule has 27 heavy (non-hydrogen) atoms. The molecule has 0 spiro atoms. The van der Waals surface area contributed by atoms with Crippen molar-refractivity contribution in [2.24, 2.45) is 0 Å². The lowest BCUT2D eigenvalue weighted by Crippen LogP contribution is -1.94. The van der Waals surface area contributed by atoms with Crippen LogP contribution in [0.2, 0.25) is 0 Å². The minimum absolute atomic E-state index is 0.673. The molecule has 3 aromatic carbocycles.